The van der Waals surface area contributed by atoms with Gasteiger partial charge in [-0.05, 0) is 31.9 Å². The molecule has 1 amide bonds. The maximum absolute atomic E-state index is 12.8. The van der Waals surface area contributed by atoms with Crippen molar-refractivity contribution >= 4 is 27.5 Å². The maximum Gasteiger partial charge on any atom is 0.279 e. The Bertz CT molecular complexity index is 1090. The number of nitrogens with zero attached hydrogens (tertiary/aromatic N) is 2. The highest BCUT2D eigenvalue weighted by Gasteiger charge is 2.17. The Kier molecular flexibility index (Phi) is 4.74. The first kappa shape index (κ1) is 17.8. The van der Waals surface area contributed by atoms with Gasteiger partial charge in [0.05, 0.1) is 10.2 Å². The number of hydrogen-bond acceptors (Lipinski definition) is 4. The normalized spacial score (nSPS) is 14.0. The van der Waals surface area contributed by atoms with E-state index >= 15 is 0 Å². The number of carbonyl (C=O) groups excluding carboxylic acids is 1. The zero-order chi connectivity index (χ0) is 19.0. The number of benzene rings is 2. The predicted octanol–water partition coefficient (Wildman–Crippen LogP) is 4.24. The molecule has 0 spiro atoms. The first-order chi connectivity index (χ1) is 13.1. The van der Waals surface area contributed by atoms with E-state index in [9.17, 15) is 4.79 Å². The Morgan fingerprint density at radius 2 is 1.89 bits per heavy atom. The van der Waals surface area contributed by atoms with Gasteiger partial charge in [0.15, 0.2) is 16.3 Å². The topological polar surface area (TPSA) is 52.8 Å². The Hall–Kier alpha value is -2.60. The molecular formula is C21H22N2O3S. The van der Waals surface area contributed by atoms with E-state index in [1.165, 1.54) is 11.3 Å². The lowest BCUT2D eigenvalue weighted by atomic mass is 10.1. The average molecular weight is 382 g/mol. The molecular weight excluding hydrogens is 360 g/mol. The van der Waals surface area contributed by atoms with Gasteiger partial charge < -0.3 is 14.0 Å². The van der Waals surface area contributed by atoms with Crippen LogP contribution in [0.4, 0.5) is 0 Å². The molecule has 4 rings (SSSR count). The monoisotopic (exact) mass is 382 g/mol. The van der Waals surface area contributed by atoms with Crippen LogP contribution in [0.1, 0.15) is 34.8 Å². The van der Waals surface area contributed by atoms with Gasteiger partial charge in [0.2, 0.25) is 0 Å². The van der Waals surface area contributed by atoms with E-state index in [1.54, 1.807) is 0 Å². The maximum atomic E-state index is 12.8. The summed E-state index contributed by atoms with van der Waals surface area (Å²) in [6, 6.07) is 9.80. The lowest BCUT2D eigenvalue weighted by Crippen LogP contribution is -2.18. The second kappa shape index (κ2) is 7.19. The number of rotatable bonds is 3. The van der Waals surface area contributed by atoms with Crippen molar-refractivity contribution in [3.05, 3.63) is 51.8 Å². The van der Waals surface area contributed by atoms with Gasteiger partial charge in [0.1, 0.15) is 13.2 Å². The Morgan fingerprint density at radius 3 is 2.59 bits per heavy atom. The summed E-state index contributed by atoms with van der Waals surface area (Å²) in [6.45, 7) is 7.98. The van der Waals surface area contributed by atoms with Crippen molar-refractivity contribution < 1.29 is 14.3 Å². The Morgan fingerprint density at radius 1 is 1.15 bits per heavy atom. The highest BCUT2D eigenvalue weighted by Crippen LogP contribution is 2.35. The molecule has 140 valence electrons. The molecule has 0 radical (unpaired) electrons. The van der Waals surface area contributed by atoms with Crippen LogP contribution in [0.25, 0.3) is 10.2 Å². The van der Waals surface area contributed by atoms with Gasteiger partial charge in [-0.15, -0.1) is 0 Å². The van der Waals surface area contributed by atoms with Crippen molar-refractivity contribution in [2.75, 3.05) is 13.2 Å². The molecule has 0 aliphatic carbocycles. The van der Waals surface area contributed by atoms with Crippen LogP contribution in [0.2, 0.25) is 0 Å². The molecule has 0 bridgehead atoms. The lowest BCUT2D eigenvalue weighted by molar-refractivity contribution is 0.0997. The van der Waals surface area contributed by atoms with Crippen LogP contribution >= 0.6 is 11.3 Å². The zero-order valence-electron chi connectivity index (χ0n) is 15.7. The molecule has 27 heavy (non-hydrogen) atoms. The van der Waals surface area contributed by atoms with Gasteiger partial charge in [-0.3, -0.25) is 4.79 Å². The molecule has 0 fully saturated rings. The van der Waals surface area contributed by atoms with Gasteiger partial charge in [-0.1, -0.05) is 36.0 Å². The van der Waals surface area contributed by atoms with Gasteiger partial charge in [0, 0.05) is 24.2 Å². The summed E-state index contributed by atoms with van der Waals surface area (Å²) in [5.41, 5.74) is 3.76. The number of thiazole rings is 1. The fraction of sp³-hybridized carbons (Fsp3) is 0.333. The van der Waals surface area contributed by atoms with Crippen LogP contribution in [0, 0.1) is 13.8 Å². The number of aryl methyl sites for hydroxylation is 3. The molecule has 6 heteroatoms. The summed E-state index contributed by atoms with van der Waals surface area (Å²) >= 11 is 1.51. The molecule has 1 aliphatic rings. The number of amides is 1. The number of ether oxygens (including phenoxy) is 2. The number of hydrogen-bond donors (Lipinski definition) is 0. The van der Waals surface area contributed by atoms with E-state index in [4.69, 9.17) is 9.47 Å². The van der Waals surface area contributed by atoms with E-state index in [0.29, 0.717) is 23.6 Å². The Labute approximate surface area is 161 Å². The second-order valence-electron chi connectivity index (χ2n) is 6.74. The molecule has 2 aromatic carbocycles. The van der Waals surface area contributed by atoms with Crippen LogP contribution in [0.3, 0.4) is 0 Å². The van der Waals surface area contributed by atoms with Crippen LogP contribution < -0.4 is 14.3 Å². The van der Waals surface area contributed by atoms with Gasteiger partial charge in [-0.25, -0.2) is 0 Å². The molecule has 0 atom stereocenters. The number of fused-ring (bicyclic) bond motifs is 2. The fourth-order valence-electron chi connectivity index (χ4n) is 3.33. The van der Waals surface area contributed by atoms with E-state index in [1.807, 2.05) is 44.2 Å². The lowest BCUT2D eigenvalue weighted by Gasteiger charge is -2.18. The third kappa shape index (κ3) is 3.37. The summed E-state index contributed by atoms with van der Waals surface area (Å²) < 4.78 is 14.6. The first-order valence-electron chi connectivity index (χ1n) is 9.16. The standard InChI is InChI=1S/C21H22N2O3S/c1-4-7-23-16-11-17-18(26-9-8-25-17)12-19(16)27-21(23)22-20(24)15-6-5-13(2)10-14(15)3/h5-6,10-12H,4,7-9H2,1-3H3. The largest absolute Gasteiger partial charge is 0.486 e. The minimum absolute atomic E-state index is 0.207. The van der Waals surface area contributed by atoms with E-state index in [2.05, 4.69) is 16.5 Å². The molecule has 1 aliphatic heterocycles. The molecule has 3 aromatic rings. The quantitative estimate of drug-likeness (QED) is 0.681. The van der Waals surface area contributed by atoms with Crippen molar-refractivity contribution in [1.29, 1.82) is 0 Å². The highest BCUT2D eigenvalue weighted by atomic mass is 32.1. The number of carbonyl (C=O) groups is 1. The molecule has 0 N–H and O–H groups in total. The van der Waals surface area contributed by atoms with E-state index in [-0.39, 0.29) is 5.91 Å². The van der Waals surface area contributed by atoms with Gasteiger partial charge in [-0.2, -0.15) is 4.99 Å². The molecule has 5 nitrogen and oxygen atoms in total. The van der Waals surface area contributed by atoms with Crippen molar-refractivity contribution in [2.45, 2.75) is 33.7 Å². The molecule has 0 saturated carbocycles. The summed E-state index contributed by atoms with van der Waals surface area (Å²) in [5, 5.41) is 0. The summed E-state index contributed by atoms with van der Waals surface area (Å²) in [6.07, 6.45) is 0.950. The average Bonchev–Trinajstić information content (AvgIpc) is 2.96. The van der Waals surface area contributed by atoms with Gasteiger partial charge >= 0.3 is 0 Å². The SMILES string of the molecule is CCCn1c(=NC(=O)c2ccc(C)cc2C)sc2cc3c(cc21)OCCO3. The summed E-state index contributed by atoms with van der Waals surface area (Å²) in [4.78, 5) is 18.0. The third-order valence-corrected chi connectivity index (χ3v) is 5.64. The van der Waals surface area contributed by atoms with Crippen LogP contribution in [0.5, 0.6) is 11.5 Å². The third-order valence-electron chi connectivity index (χ3n) is 4.60. The van der Waals surface area contributed by atoms with Crippen molar-refractivity contribution in [1.82, 2.24) is 4.57 Å². The zero-order valence-corrected chi connectivity index (χ0v) is 16.6. The van der Waals surface area contributed by atoms with Crippen molar-refractivity contribution in [3.63, 3.8) is 0 Å². The molecule has 0 unspecified atom stereocenters. The van der Waals surface area contributed by atoms with Crippen molar-refractivity contribution in [3.8, 4) is 11.5 Å². The van der Waals surface area contributed by atoms with Crippen molar-refractivity contribution in [2.24, 2.45) is 4.99 Å². The summed E-state index contributed by atoms with van der Waals surface area (Å²) in [7, 11) is 0. The smallest absolute Gasteiger partial charge is 0.279 e. The first-order valence-corrected chi connectivity index (χ1v) is 9.97. The van der Waals surface area contributed by atoms with E-state index in [0.717, 1.165) is 45.8 Å². The summed E-state index contributed by atoms with van der Waals surface area (Å²) in [5.74, 6) is 1.30. The molecule has 2 heterocycles. The highest BCUT2D eigenvalue weighted by molar-refractivity contribution is 7.16. The molecule has 1 aromatic heterocycles. The minimum Gasteiger partial charge on any atom is -0.486 e. The number of aromatic nitrogens is 1. The van der Waals surface area contributed by atoms with E-state index < -0.39 is 0 Å². The second-order valence-corrected chi connectivity index (χ2v) is 7.74. The molecule has 0 saturated heterocycles. The Balaban J connectivity index is 1.85. The predicted molar refractivity (Wildman–Crippen MR) is 107 cm³/mol. The fourth-order valence-corrected chi connectivity index (χ4v) is 4.40. The minimum atomic E-state index is -0.207. The van der Waals surface area contributed by atoms with Crippen LogP contribution in [0.15, 0.2) is 35.3 Å². The van der Waals surface area contributed by atoms with Crippen LogP contribution in [-0.2, 0) is 6.54 Å². The van der Waals surface area contributed by atoms with Gasteiger partial charge in [0.25, 0.3) is 5.91 Å². The van der Waals surface area contributed by atoms with Crippen LogP contribution in [-0.4, -0.2) is 23.7 Å².